The van der Waals surface area contributed by atoms with E-state index in [2.05, 4.69) is 26.6 Å². The van der Waals surface area contributed by atoms with E-state index in [0.29, 0.717) is 16.5 Å². The minimum absolute atomic E-state index is 0.125. The molecule has 0 aromatic heterocycles. The van der Waals surface area contributed by atoms with Crippen LogP contribution in [0.2, 0.25) is 0 Å². The zero-order chi connectivity index (χ0) is 15.2. The third-order valence-corrected chi connectivity index (χ3v) is 3.40. The Bertz CT molecular complexity index is 450. The highest BCUT2D eigenvalue weighted by molar-refractivity contribution is 9.10. The summed E-state index contributed by atoms with van der Waals surface area (Å²) in [5, 5.41) is 14.7. The minimum atomic E-state index is -0.638. The SMILES string of the molecule is CCCC(C)(CO)NC(=O)NCc1cc(F)cc(Br)c1. The minimum Gasteiger partial charge on any atom is -0.394 e. The summed E-state index contributed by atoms with van der Waals surface area (Å²) in [6, 6.07) is 4.08. The number of rotatable bonds is 6. The molecular weight excluding hydrogens is 327 g/mol. The first-order valence-electron chi connectivity index (χ1n) is 6.50. The van der Waals surface area contributed by atoms with Gasteiger partial charge in [-0.1, -0.05) is 29.3 Å². The van der Waals surface area contributed by atoms with E-state index in [0.717, 1.165) is 6.42 Å². The van der Waals surface area contributed by atoms with Crippen LogP contribution in [0.3, 0.4) is 0 Å². The average Bonchev–Trinajstić information content (AvgIpc) is 2.35. The van der Waals surface area contributed by atoms with Crippen molar-refractivity contribution in [1.82, 2.24) is 10.6 Å². The first-order valence-corrected chi connectivity index (χ1v) is 7.29. The maximum Gasteiger partial charge on any atom is 0.315 e. The van der Waals surface area contributed by atoms with Gasteiger partial charge in [0.15, 0.2) is 0 Å². The summed E-state index contributed by atoms with van der Waals surface area (Å²) >= 11 is 3.20. The molecular formula is C14H20BrFN2O2. The molecule has 1 atom stereocenters. The van der Waals surface area contributed by atoms with Gasteiger partial charge in [0.2, 0.25) is 0 Å². The highest BCUT2D eigenvalue weighted by Gasteiger charge is 2.24. The summed E-state index contributed by atoms with van der Waals surface area (Å²) in [5.74, 6) is -0.359. The first kappa shape index (κ1) is 16.9. The molecule has 1 aromatic carbocycles. The molecule has 0 aliphatic heterocycles. The zero-order valence-corrected chi connectivity index (χ0v) is 13.3. The molecule has 0 radical (unpaired) electrons. The first-order chi connectivity index (χ1) is 9.38. The number of nitrogens with one attached hydrogen (secondary N) is 2. The van der Waals surface area contributed by atoms with E-state index in [1.165, 1.54) is 12.1 Å². The Morgan fingerprint density at radius 3 is 2.70 bits per heavy atom. The van der Waals surface area contributed by atoms with Crippen LogP contribution < -0.4 is 10.6 Å². The summed E-state index contributed by atoms with van der Waals surface area (Å²) in [6.07, 6.45) is 1.54. The van der Waals surface area contributed by atoms with Crippen LogP contribution in [0.25, 0.3) is 0 Å². The van der Waals surface area contributed by atoms with Crippen molar-refractivity contribution in [1.29, 1.82) is 0 Å². The molecule has 0 aliphatic rings. The van der Waals surface area contributed by atoms with Crippen LogP contribution in [-0.4, -0.2) is 23.3 Å². The van der Waals surface area contributed by atoms with Crippen molar-refractivity contribution in [3.8, 4) is 0 Å². The number of hydrogen-bond donors (Lipinski definition) is 3. The second-order valence-electron chi connectivity index (χ2n) is 5.05. The Kier molecular flexibility index (Phi) is 6.42. The van der Waals surface area contributed by atoms with Crippen LogP contribution in [0.4, 0.5) is 9.18 Å². The van der Waals surface area contributed by atoms with E-state index in [1.54, 1.807) is 13.0 Å². The van der Waals surface area contributed by atoms with E-state index in [9.17, 15) is 14.3 Å². The molecule has 20 heavy (non-hydrogen) atoms. The molecule has 0 fully saturated rings. The summed E-state index contributed by atoms with van der Waals surface area (Å²) in [7, 11) is 0. The Hall–Kier alpha value is -1.14. The molecule has 0 saturated heterocycles. The van der Waals surface area contributed by atoms with Crippen LogP contribution in [0.5, 0.6) is 0 Å². The van der Waals surface area contributed by atoms with Gasteiger partial charge in [-0.25, -0.2) is 9.18 Å². The van der Waals surface area contributed by atoms with Gasteiger partial charge in [-0.05, 0) is 37.1 Å². The predicted molar refractivity (Wildman–Crippen MR) is 79.9 cm³/mol. The molecule has 2 amide bonds. The lowest BCUT2D eigenvalue weighted by Gasteiger charge is -2.28. The normalized spacial score (nSPS) is 13.7. The molecule has 1 aromatic rings. The predicted octanol–water partition coefficient (Wildman–Crippen LogP) is 2.94. The molecule has 112 valence electrons. The van der Waals surface area contributed by atoms with Crippen LogP contribution in [0, 0.1) is 5.82 Å². The van der Waals surface area contributed by atoms with Gasteiger partial charge < -0.3 is 15.7 Å². The second-order valence-corrected chi connectivity index (χ2v) is 5.97. The van der Waals surface area contributed by atoms with Gasteiger partial charge in [-0.15, -0.1) is 0 Å². The van der Waals surface area contributed by atoms with E-state index in [4.69, 9.17) is 0 Å². The quantitative estimate of drug-likeness (QED) is 0.741. The summed E-state index contributed by atoms with van der Waals surface area (Å²) < 4.78 is 13.8. The van der Waals surface area contributed by atoms with Crippen LogP contribution in [0.15, 0.2) is 22.7 Å². The largest absolute Gasteiger partial charge is 0.394 e. The Labute approximate surface area is 126 Å². The molecule has 0 heterocycles. The van der Waals surface area contributed by atoms with Crippen LogP contribution in [-0.2, 0) is 6.54 Å². The van der Waals surface area contributed by atoms with Crippen molar-refractivity contribution in [2.45, 2.75) is 38.8 Å². The number of benzene rings is 1. The molecule has 0 saturated carbocycles. The van der Waals surface area contributed by atoms with E-state index in [1.807, 2.05) is 6.92 Å². The fourth-order valence-electron chi connectivity index (χ4n) is 1.95. The molecule has 1 unspecified atom stereocenters. The smallest absolute Gasteiger partial charge is 0.315 e. The lowest BCUT2D eigenvalue weighted by atomic mass is 9.98. The maximum atomic E-state index is 13.2. The van der Waals surface area contributed by atoms with Crippen molar-refractivity contribution in [3.05, 3.63) is 34.1 Å². The molecule has 1 rings (SSSR count). The third kappa shape index (κ3) is 5.46. The third-order valence-electron chi connectivity index (χ3n) is 2.94. The average molecular weight is 347 g/mol. The fraction of sp³-hybridized carbons (Fsp3) is 0.500. The van der Waals surface area contributed by atoms with Gasteiger partial charge in [0, 0.05) is 11.0 Å². The molecule has 0 aliphatic carbocycles. The van der Waals surface area contributed by atoms with Gasteiger partial charge in [-0.2, -0.15) is 0 Å². The van der Waals surface area contributed by atoms with Gasteiger partial charge in [0.25, 0.3) is 0 Å². The molecule has 6 heteroatoms. The number of halogens is 2. The van der Waals surface area contributed by atoms with Crippen LogP contribution >= 0.6 is 15.9 Å². The fourth-order valence-corrected chi connectivity index (χ4v) is 2.46. The van der Waals surface area contributed by atoms with Crippen molar-refractivity contribution < 1.29 is 14.3 Å². The monoisotopic (exact) mass is 346 g/mol. The van der Waals surface area contributed by atoms with E-state index < -0.39 is 5.54 Å². The van der Waals surface area contributed by atoms with Crippen LogP contribution in [0.1, 0.15) is 32.3 Å². The summed E-state index contributed by atoms with van der Waals surface area (Å²) in [4.78, 5) is 11.8. The number of hydrogen-bond acceptors (Lipinski definition) is 2. The van der Waals surface area contributed by atoms with Gasteiger partial charge in [0.1, 0.15) is 5.82 Å². The van der Waals surface area contributed by atoms with Crippen molar-refractivity contribution in [3.63, 3.8) is 0 Å². The Morgan fingerprint density at radius 2 is 2.15 bits per heavy atom. The summed E-state index contributed by atoms with van der Waals surface area (Å²) in [5.41, 5.74) is 0.0228. The van der Waals surface area contributed by atoms with Crippen molar-refractivity contribution in [2.24, 2.45) is 0 Å². The lowest BCUT2D eigenvalue weighted by molar-refractivity contribution is 0.163. The molecule has 0 spiro atoms. The number of amides is 2. The molecule has 0 bridgehead atoms. The molecule has 4 nitrogen and oxygen atoms in total. The van der Waals surface area contributed by atoms with Crippen molar-refractivity contribution >= 4 is 22.0 Å². The number of aliphatic hydroxyl groups excluding tert-OH is 1. The van der Waals surface area contributed by atoms with Crippen molar-refractivity contribution in [2.75, 3.05) is 6.61 Å². The second kappa shape index (κ2) is 7.59. The van der Waals surface area contributed by atoms with Gasteiger partial charge >= 0.3 is 6.03 Å². The number of aliphatic hydroxyl groups is 1. The number of urea groups is 1. The van der Waals surface area contributed by atoms with E-state index in [-0.39, 0.29) is 25.0 Å². The van der Waals surface area contributed by atoms with Gasteiger partial charge in [-0.3, -0.25) is 0 Å². The Balaban J connectivity index is 2.54. The highest BCUT2D eigenvalue weighted by atomic mass is 79.9. The number of carbonyl (C=O) groups excluding carboxylic acids is 1. The molecule has 3 N–H and O–H groups in total. The standard InChI is InChI=1S/C14H20BrFN2O2/c1-3-4-14(2,9-19)18-13(20)17-8-10-5-11(15)7-12(16)6-10/h5-7,19H,3-4,8-9H2,1-2H3,(H2,17,18,20). The topological polar surface area (TPSA) is 61.4 Å². The number of carbonyl (C=O) groups is 1. The highest BCUT2D eigenvalue weighted by Crippen LogP contribution is 2.15. The Morgan fingerprint density at radius 1 is 1.45 bits per heavy atom. The zero-order valence-electron chi connectivity index (χ0n) is 11.7. The maximum absolute atomic E-state index is 13.2. The van der Waals surface area contributed by atoms with Gasteiger partial charge in [0.05, 0.1) is 12.1 Å². The lowest BCUT2D eigenvalue weighted by Crippen LogP contribution is -2.52. The van der Waals surface area contributed by atoms with E-state index >= 15 is 0 Å². The summed E-state index contributed by atoms with van der Waals surface area (Å²) in [6.45, 7) is 3.86.